The van der Waals surface area contributed by atoms with Crippen LogP contribution in [0.3, 0.4) is 0 Å². The van der Waals surface area contributed by atoms with Crippen molar-refractivity contribution in [2.45, 2.75) is 18.9 Å². The van der Waals surface area contributed by atoms with Gasteiger partial charge in [-0.1, -0.05) is 24.3 Å². The summed E-state index contributed by atoms with van der Waals surface area (Å²) in [5.41, 5.74) is 4.13. The molecule has 1 aromatic heterocycles. The van der Waals surface area contributed by atoms with Gasteiger partial charge in [-0.25, -0.2) is 0 Å². The topological polar surface area (TPSA) is 29.9 Å². The van der Waals surface area contributed by atoms with Crippen LogP contribution in [-0.4, -0.2) is 16.8 Å². The molecule has 1 aliphatic carbocycles. The van der Waals surface area contributed by atoms with E-state index in [1.165, 1.54) is 16.8 Å². The zero-order chi connectivity index (χ0) is 12.5. The van der Waals surface area contributed by atoms with E-state index in [1.54, 1.807) is 0 Å². The fourth-order valence-electron chi connectivity index (χ4n) is 3.10. The lowest BCUT2D eigenvalue weighted by atomic mass is 9.95. The van der Waals surface area contributed by atoms with Crippen LogP contribution < -0.4 is 5.32 Å². The van der Waals surface area contributed by atoms with Crippen molar-refractivity contribution >= 4 is 0 Å². The Morgan fingerprint density at radius 3 is 2.89 bits per heavy atom. The molecule has 1 aliphatic rings. The van der Waals surface area contributed by atoms with Crippen molar-refractivity contribution in [1.29, 1.82) is 0 Å². The molecule has 1 N–H and O–H groups in total. The Kier molecular flexibility index (Phi) is 2.92. The van der Waals surface area contributed by atoms with Gasteiger partial charge in [-0.15, -0.1) is 0 Å². The van der Waals surface area contributed by atoms with Gasteiger partial charge in [0.1, 0.15) is 0 Å². The lowest BCUT2D eigenvalue weighted by Crippen LogP contribution is -2.23. The standard InChI is InChI=1S/C15H19N3/c1-16-15-12(10-13-7-8-18(2)17-13)9-11-5-3-4-6-14(11)15/h3-8,12,15-16H,9-10H2,1-2H3. The van der Waals surface area contributed by atoms with Gasteiger partial charge in [0.25, 0.3) is 0 Å². The highest BCUT2D eigenvalue weighted by molar-refractivity contribution is 5.36. The van der Waals surface area contributed by atoms with E-state index in [-0.39, 0.29) is 0 Å². The van der Waals surface area contributed by atoms with Crippen LogP contribution in [0.1, 0.15) is 22.9 Å². The minimum absolute atomic E-state index is 0.461. The van der Waals surface area contributed by atoms with Gasteiger partial charge < -0.3 is 5.32 Å². The molecule has 2 atom stereocenters. The summed E-state index contributed by atoms with van der Waals surface area (Å²) in [6.45, 7) is 0. The average Bonchev–Trinajstić information content (AvgIpc) is 2.92. The molecule has 1 aromatic carbocycles. The van der Waals surface area contributed by atoms with E-state index in [0.29, 0.717) is 12.0 Å². The second kappa shape index (κ2) is 4.58. The molecular formula is C15H19N3. The molecule has 0 aliphatic heterocycles. The molecule has 0 saturated heterocycles. The Bertz CT molecular complexity index is 544. The maximum absolute atomic E-state index is 4.49. The third kappa shape index (κ3) is 1.95. The van der Waals surface area contributed by atoms with Gasteiger partial charge in [-0.3, -0.25) is 4.68 Å². The van der Waals surface area contributed by atoms with Crippen molar-refractivity contribution in [3.63, 3.8) is 0 Å². The lowest BCUT2D eigenvalue weighted by molar-refractivity contribution is 0.406. The Balaban J connectivity index is 1.83. The highest BCUT2D eigenvalue weighted by Crippen LogP contribution is 2.37. The lowest BCUT2D eigenvalue weighted by Gasteiger charge is -2.18. The predicted molar refractivity (Wildman–Crippen MR) is 72.3 cm³/mol. The van der Waals surface area contributed by atoms with Gasteiger partial charge in [-0.2, -0.15) is 5.10 Å². The van der Waals surface area contributed by atoms with Crippen molar-refractivity contribution in [3.8, 4) is 0 Å². The summed E-state index contributed by atoms with van der Waals surface area (Å²) in [6, 6.07) is 11.3. The first-order valence-corrected chi connectivity index (χ1v) is 6.51. The number of hydrogen-bond donors (Lipinski definition) is 1. The number of hydrogen-bond acceptors (Lipinski definition) is 2. The number of aryl methyl sites for hydroxylation is 1. The van der Waals surface area contributed by atoms with Crippen LogP contribution >= 0.6 is 0 Å². The second-order valence-electron chi connectivity index (χ2n) is 5.11. The van der Waals surface area contributed by atoms with Gasteiger partial charge in [0.15, 0.2) is 0 Å². The molecule has 3 rings (SSSR count). The average molecular weight is 241 g/mol. The van der Waals surface area contributed by atoms with Crippen molar-refractivity contribution in [2.75, 3.05) is 7.05 Å². The maximum Gasteiger partial charge on any atom is 0.0628 e. The van der Waals surface area contributed by atoms with Gasteiger partial charge in [0.05, 0.1) is 5.69 Å². The van der Waals surface area contributed by atoms with Crippen LogP contribution in [-0.2, 0) is 19.9 Å². The molecule has 0 spiro atoms. The molecule has 3 heteroatoms. The molecule has 0 amide bonds. The van der Waals surface area contributed by atoms with Crippen LogP contribution in [0, 0.1) is 5.92 Å². The normalized spacial score (nSPS) is 22.1. The largest absolute Gasteiger partial charge is 0.313 e. The number of fused-ring (bicyclic) bond motifs is 1. The Hall–Kier alpha value is -1.61. The maximum atomic E-state index is 4.49. The first-order valence-electron chi connectivity index (χ1n) is 6.51. The zero-order valence-electron chi connectivity index (χ0n) is 10.9. The van der Waals surface area contributed by atoms with Gasteiger partial charge in [0.2, 0.25) is 0 Å². The molecule has 3 nitrogen and oxygen atoms in total. The molecular weight excluding hydrogens is 222 g/mol. The Morgan fingerprint density at radius 2 is 2.17 bits per heavy atom. The van der Waals surface area contributed by atoms with Gasteiger partial charge in [0, 0.05) is 19.3 Å². The van der Waals surface area contributed by atoms with Crippen molar-refractivity contribution in [2.24, 2.45) is 13.0 Å². The number of nitrogens with zero attached hydrogens (tertiary/aromatic N) is 2. The molecule has 18 heavy (non-hydrogen) atoms. The number of nitrogens with one attached hydrogen (secondary N) is 1. The summed E-state index contributed by atoms with van der Waals surface area (Å²) in [4.78, 5) is 0. The first kappa shape index (κ1) is 11.5. The third-order valence-electron chi connectivity index (χ3n) is 3.89. The molecule has 0 saturated carbocycles. The Labute approximate surface area is 108 Å². The fourth-order valence-corrected chi connectivity index (χ4v) is 3.10. The number of benzene rings is 1. The van der Waals surface area contributed by atoms with Crippen LogP contribution in [0.15, 0.2) is 36.5 Å². The van der Waals surface area contributed by atoms with Crippen LogP contribution in [0.25, 0.3) is 0 Å². The van der Waals surface area contributed by atoms with Gasteiger partial charge >= 0.3 is 0 Å². The number of rotatable bonds is 3. The minimum Gasteiger partial charge on any atom is -0.313 e. The van der Waals surface area contributed by atoms with Crippen LogP contribution in [0.5, 0.6) is 0 Å². The Morgan fingerprint density at radius 1 is 1.33 bits per heavy atom. The highest BCUT2D eigenvalue weighted by atomic mass is 15.2. The molecule has 0 radical (unpaired) electrons. The quantitative estimate of drug-likeness (QED) is 0.892. The van der Waals surface area contributed by atoms with E-state index in [9.17, 15) is 0 Å². The summed E-state index contributed by atoms with van der Waals surface area (Å²) >= 11 is 0. The molecule has 2 unspecified atom stereocenters. The predicted octanol–water partition coefficient (Wildman–Crippen LogP) is 2.10. The summed E-state index contributed by atoms with van der Waals surface area (Å²) < 4.78 is 1.88. The van der Waals surface area contributed by atoms with Crippen molar-refractivity contribution in [1.82, 2.24) is 15.1 Å². The number of aromatic nitrogens is 2. The highest BCUT2D eigenvalue weighted by Gasteiger charge is 2.31. The summed E-state index contributed by atoms with van der Waals surface area (Å²) in [5, 5.41) is 7.96. The van der Waals surface area contributed by atoms with E-state index in [0.717, 1.165) is 12.8 Å². The van der Waals surface area contributed by atoms with Crippen molar-refractivity contribution in [3.05, 3.63) is 53.3 Å². The van der Waals surface area contributed by atoms with Crippen molar-refractivity contribution < 1.29 is 0 Å². The molecule has 0 bridgehead atoms. The zero-order valence-corrected chi connectivity index (χ0v) is 10.9. The van der Waals surface area contributed by atoms with E-state index in [1.807, 2.05) is 17.9 Å². The van der Waals surface area contributed by atoms with E-state index in [4.69, 9.17) is 0 Å². The van der Waals surface area contributed by atoms with E-state index in [2.05, 4.69) is 47.8 Å². The molecule has 1 heterocycles. The SMILES string of the molecule is CNC1c2ccccc2CC1Cc1ccn(C)n1. The van der Waals surface area contributed by atoms with Gasteiger partial charge in [-0.05, 0) is 43.0 Å². The molecule has 0 fully saturated rings. The van der Waals surface area contributed by atoms with E-state index >= 15 is 0 Å². The summed E-state index contributed by atoms with van der Waals surface area (Å²) in [5.74, 6) is 0.613. The summed E-state index contributed by atoms with van der Waals surface area (Å²) in [6.07, 6.45) is 4.21. The second-order valence-corrected chi connectivity index (χ2v) is 5.11. The minimum atomic E-state index is 0.461. The third-order valence-corrected chi connectivity index (χ3v) is 3.89. The fraction of sp³-hybridized carbons (Fsp3) is 0.400. The first-order chi connectivity index (χ1) is 8.78. The van der Waals surface area contributed by atoms with Crippen LogP contribution in [0.4, 0.5) is 0 Å². The molecule has 94 valence electrons. The smallest absolute Gasteiger partial charge is 0.0628 e. The van der Waals surface area contributed by atoms with E-state index < -0.39 is 0 Å². The molecule has 2 aromatic rings. The monoisotopic (exact) mass is 241 g/mol. The summed E-state index contributed by atoms with van der Waals surface area (Å²) in [7, 11) is 4.03. The van der Waals surface area contributed by atoms with Crippen LogP contribution in [0.2, 0.25) is 0 Å².